The second kappa shape index (κ2) is 5.77. The second-order valence-corrected chi connectivity index (χ2v) is 6.40. The van der Waals surface area contributed by atoms with Gasteiger partial charge in [0.05, 0.1) is 6.54 Å². The smallest absolute Gasteiger partial charge is 0.260 e. The Morgan fingerprint density at radius 2 is 2.25 bits per heavy atom. The van der Waals surface area contributed by atoms with Crippen LogP contribution in [0, 0.1) is 0 Å². The molecule has 110 valence electrons. The molecule has 0 spiro atoms. The number of carbonyl (C=O) groups is 1. The average molecular weight is 317 g/mol. The molecule has 0 saturated heterocycles. The molecule has 2 aromatic heterocycles. The third-order valence-electron chi connectivity index (χ3n) is 2.52. The Labute approximate surface area is 120 Å². The Morgan fingerprint density at radius 3 is 2.90 bits per heavy atom. The van der Waals surface area contributed by atoms with E-state index in [-0.39, 0.29) is 17.4 Å². The summed E-state index contributed by atoms with van der Waals surface area (Å²) < 4.78 is 28.4. The number of carbonyl (C=O) groups excluding carboxylic acids is 1. The molecule has 0 saturated carbocycles. The summed E-state index contributed by atoms with van der Waals surface area (Å²) in [5, 5.41) is 7.03. The third kappa shape index (κ3) is 2.76. The first-order valence-electron chi connectivity index (χ1n) is 5.89. The molecule has 3 N–H and O–H groups in total. The number of imidazole rings is 1. The quantitative estimate of drug-likeness (QED) is 0.687. The Bertz CT molecular complexity index is 718. The first-order chi connectivity index (χ1) is 9.49. The maximum Gasteiger partial charge on any atom is 0.260 e. The van der Waals surface area contributed by atoms with E-state index in [0.29, 0.717) is 11.5 Å². The molecule has 8 nitrogen and oxygen atoms in total. The van der Waals surface area contributed by atoms with Gasteiger partial charge >= 0.3 is 0 Å². The number of fused-ring (bicyclic) bond motifs is 1. The number of likely N-dealkylation sites (N-methyl/N-ethyl adjacent to an activating group) is 1. The second-order valence-electron chi connectivity index (χ2n) is 3.85. The number of anilines is 1. The number of hydrogen-bond acceptors (Lipinski definition) is 6. The van der Waals surface area contributed by atoms with Crippen molar-refractivity contribution in [3.05, 3.63) is 11.6 Å². The minimum atomic E-state index is -3.84. The van der Waals surface area contributed by atoms with Crippen molar-refractivity contribution in [2.24, 2.45) is 0 Å². The lowest BCUT2D eigenvalue weighted by atomic mass is 10.6. The Balaban J connectivity index is 2.41. The summed E-state index contributed by atoms with van der Waals surface area (Å²) in [6.45, 7) is 2.08. The lowest BCUT2D eigenvalue weighted by Crippen LogP contribution is -2.35. The number of nitrogens with one attached hydrogen (secondary N) is 3. The number of amides is 1. The number of thiazole rings is 1. The number of rotatable bonds is 6. The standard InChI is InChI=1S/C10H15N5O3S2/c1-3-12-8-9(15-4-5-19-10(15)14-8)20(17,18)13-6-7(16)11-2/h4-5,12-13H,3,6H2,1-2H3,(H,11,16). The van der Waals surface area contributed by atoms with E-state index in [9.17, 15) is 13.2 Å². The van der Waals surface area contributed by atoms with Crippen LogP contribution in [0.1, 0.15) is 6.92 Å². The molecule has 0 aliphatic carbocycles. The van der Waals surface area contributed by atoms with Gasteiger partial charge in [0.1, 0.15) is 0 Å². The summed E-state index contributed by atoms with van der Waals surface area (Å²) in [5.41, 5.74) is 0. The molecule has 0 atom stereocenters. The minimum absolute atomic E-state index is 0.0134. The van der Waals surface area contributed by atoms with Crippen molar-refractivity contribution in [1.29, 1.82) is 0 Å². The van der Waals surface area contributed by atoms with Crippen molar-refractivity contribution in [3.8, 4) is 0 Å². The molecule has 2 rings (SSSR count). The monoisotopic (exact) mass is 317 g/mol. The molecule has 20 heavy (non-hydrogen) atoms. The maximum atomic E-state index is 12.3. The molecule has 0 aromatic carbocycles. The van der Waals surface area contributed by atoms with E-state index in [4.69, 9.17) is 0 Å². The Morgan fingerprint density at radius 1 is 1.50 bits per heavy atom. The predicted molar refractivity (Wildman–Crippen MR) is 76.5 cm³/mol. The zero-order valence-corrected chi connectivity index (χ0v) is 12.6. The summed E-state index contributed by atoms with van der Waals surface area (Å²) in [5.74, 6) is -0.131. The summed E-state index contributed by atoms with van der Waals surface area (Å²) >= 11 is 1.33. The largest absolute Gasteiger partial charge is 0.368 e. The Hall–Kier alpha value is -1.65. The lowest BCUT2D eigenvalue weighted by molar-refractivity contribution is -0.119. The average Bonchev–Trinajstić information content (AvgIpc) is 2.96. The highest BCUT2D eigenvalue weighted by Gasteiger charge is 2.26. The van der Waals surface area contributed by atoms with Crippen LogP contribution in [0.4, 0.5) is 5.82 Å². The predicted octanol–water partition coefficient (Wildman–Crippen LogP) is -0.148. The van der Waals surface area contributed by atoms with Crippen LogP contribution in [0.5, 0.6) is 0 Å². The van der Waals surface area contributed by atoms with E-state index in [1.54, 1.807) is 11.6 Å². The van der Waals surface area contributed by atoms with Crippen molar-refractivity contribution in [3.63, 3.8) is 0 Å². The first kappa shape index (κ1) is 14.8. The van der Waals surface area contributed by atoms with Crippen LogP contribution in [-0.2, 0) is 14.8 Å². The van der Waals surface area contributed by atoms with Gasteiger partial charge in [-0.2, -0.15) is 0 Å². The fraction of sp³-hybridized carbons (Fsp3) is 0.400. The van der Waals surface area contributed by atoms with Crippen LogP contribution in [0.2, 0.25) is 0 Å². The van der Waals surface area contributed by atoms with Crippen LogP contribution < -0.4 is 15.4 Å². The van der Waals surface area contributed by atoms with Gasteiger partial charge in [-0.05, 0) is 6.92 Å². The maximum absolute atomic E-state index is 12.3. The van der Waals surface area contributed by atoms with E-state index in [0.717, 1.165) is 0 Å². The van der Waals surface area contributed by atoms with Gasteiger partial charge in [-0.15, -0.1) is 11.3 Å². The van der Waals surface area contributed by atoms with E-state index in [1.807, 2.05) is 6.92 Å². The number of sulfonamides is 1. The van der Waals surface area contributed by atoms with Crippen LogP contribution in [0.15, 0.2) is 16.6 Å². The molecule has 2 heterocycles. The highest BCUT2D eigenvalue weighted by atomic mass is 32.2. The van der Waals surface area contributed by atoms with Crippen molar-refractivity contribution in [2.45, 2.75) is 11.9 Å². The van der Waals surface area contributed by atoms with Crippen LogP contribution >= 0.6 is 11.3 Å². The number of aromatic nitrogens is 2. The van der Waals surface area contributed by atoms with Gasteiger partial charge in [-0.1, -0.05) is 0 Å². The van der Waals surface area contributed by atoms with E-state index in [1.165, 1.54) is 22.8 Å². The zero-order valence-electron chi connectivity index (χ0n) is 11.0. The first-order valence-corrected chi connectivity index (χ1v) is 8.25. The topological polar surface area (TPSA) is 105 Å². The summed E-state index contributed by atoms with van der Waals surface area (Å²) in [6, 6.07) is 0. The molecule has 0 aliphatic rings. The summed E-state index contributed by atoms with van der Waals surface area (Å²) in [4.78, 5) is 16.0. The van der Waals surface area contributed by atoms with Gasteiger partial charge in [0.15, 0.2) is 15.8 Å². The molecule has 1 amide bonds. The van der Waals surface area contributed by atoms with Crippen molar-refractivity contribution in [1.82, 2.24) is 19.4 Å². The Kier molecular flexibility index (Phi) is 4.26. The highest BCUT2D eigenvalue weighted by Crippen LogP contribution is 2.25. The van der Waals surface area contributed by atoms with E-state index >= 15 is 0 Å². The molecule has 0 radical (unpaired) electrons. The van der Waals surface area contributed by atoms with Gasteiger partial charge in [0, 0.05) is 25.2 Å². The third-order valence-corrected chi connectivity index (χ3v) is 4.70. The number of nitrogens with zero attached hydrogens (tertiary/aromatic N) is 2. The van der Waals surface area contributed by atoms with Gasteiger partial charge in [0.2, 0.25) is 5.91 Å². The fourth-order valence-electron chi connectivity index (χ4n) is 1.62. The van der Waals surface area contributed by atoms with Gasteiger partial charge < -0.3 is 10.6 Å². The highest BCUT2D eigenvalue weighted by molar-refractivity contribution is 7.89. The fourth-order valence-corrected chi connectivity index (χ4v) is 3.63. The van der Waals surface area contributed by atoms with Crippen molar-refractivity contribution >= 4 is 38.0 Å². The summed E-state index contributed by atoms with van der Waals surface area (Å²) in [6.07, 6.45) is 1.63. The van der Waals surface area contributed by atoms with Gasteiger partial charge in [0.25, 0.3) is 10.0 Å². The van der Waals surface area contributed by atoms with Gasteiger partial charge in [-0.25, -0.2) is 18.1 Å². The van der Waals surface area contributed by atoms with Crippen LogP contribution in [0.25, 0.3) is 4.96 Å². The molecule has 0 unspecified atom stereocenters. The van der Waals surface area contributed by atoms with Crippen LogP contribution in [0.3, 0.4) is 0 Å². The molecular weight excluding hydrogens is 302 g/mol. The van der Waals surface area contributed by atoms with E-state index < -0.39 is 15.9 Å². The normalized spacial score (nSPS) is 11.7. The van der Waals surface area contributed by atoms with Gasteiger partial charge in [-0.3, -0.25) is 9.20 Å². The minimum Gasteiger partial charge on any atom is -0.368 e. The molecular formula is C10H15N5O3S2. The van der Waals surface area contributed by atoms with Crippen molar-refractivity contribution in [2.75, 3.05) is 25.5 Å². The molecule has 0 aliphatic heterocycles. The zero-order chi connectivity index (χ0) is 14.8. The molecule has 0 bridgehead atoms. The van der Waals surface area contributed by atoms with Crippen LogP contribution in [-0.4, -0.2) is 43.8 Å². The molecule has 2 aromatic rings. The van der Waals surface area contributed by atoms with Crippen molar-refractivity contribution < 1.29 is 13.2 Å². The number of hydrogen-bond donors (Lipinski definition) is 3. The lowest BCUT2D eigenvalue weighted by Gasteiger charge is -2.07. The van der Waals surface area contributed by atoms with E-state index in [2.05, 4.69) is 20.3 Å². The summed E-state index contributed by atoms with van der Waals surface area (Å²) in [7, 11) is -2.40. The molecule has 10 heteroatoms. The SMILES string of the molecule is CCNc1nc2sccn2c1S(=O)(=O)NCC(=O)NC. The molecule has 0 fully saturated rings.